The van der Waals surface area contributed by atoms with Crippen molar-refractivity contribution in [2.75, 3.05) is 6.61 Å². The van der Waals surface area contributed by atoms with Gasteiger partial charge in [-0.1, -0.05) is 12.7 Å². The van der Waals surface area contributed by atoms with Gasteiger partial charge >= 0.3 is 0 Å². The molecule has 0 N–H and O–H groups in total. The summed E-state index contributed by atoms with van der Waals surface area (Å²) in [5.74, 6) is 0.261. The largest absolute Gasteiger partial charge is 0.494 e. The molecule has 0 bridgehead atoms. The summed E-state index contributed by atoms with van der Waals surface area (Å²) < 4.78 is 18.1. The molecule has 0 atom stereocenters. The number of rotatable bonds is 3. The van der Waals surface area contributed by atoms with Crippen LogP contribution >= 0.6 is 0 Å². The summed E-state index contributed by atoms with van der Waals surface area (Å²) in [7, 11) is 0. The molecular weight excluding hydrogens is 155 g/mol. The van der Waals surface area contributed by atoms with Crippen LogP contribution in [0.3, 0.4) is 0 Å². The summed E-state index contributed by atoms with van der Waals surface area (Å²) in [6, 6.07) is 4.73. The lowest BCUT2D eigenvalue weighted by Gasteiger charge is -2.03. The Labute approximate surface area is 71.5 Å². The van der Waals surface area contributed by atoms with Crippen molar-refractivity contribution < 1.29 is 9.13 Å². The van der Waals surface area contributed by atoms with Crippen molar-refractivity contribution in [3.05, 3.63) is 36.2 Å². The fourth-order valence-corrected chi connectivity index (χ4v) is 0.930. The zero-order valence-electron chi connectivity index (χ0n) is 7.01. The Balaban J connectivity index is 2.93. The molecule has 64 valence electrons. The molecule has 2 heteroatoms. The van der Waals surface area contributed by atoms with E-state index in [0.717, 1.165) is 0 Å². The van der Waals surface area contributed by atoms with Crippen LogP contribution in [-0.2, 0) is 0 Å². The highest BCUT2D eigenvalue weighted by Crippen LogP contribution is 2.16. The molecule has 0 heterocycles. The van der Waals surface area contributed by atoms with E-state index in [1.807, 2.05) is 6.92 Å². The van der Waals surface area contributed by atoms with Gasteiger partial charge in [0.15, 0.2) is 0 Å². The molecule has 0 aromatic heterocycles. The van der Waals surface area contributed by atoms with Gasteiger partial charge in [-0.3, -0.25) is 0 Å². The van der Waals surface area contributed by atoms with E-state index in [1.54, 1.807) is 12.1 Å². The second-order valence-corrected chi connectivity index (χ2v) is 2.32. The minimum atomic E-state index is -0.295. The first-order chi connectivity index (χ1) is 5.77. The van der Waals surface area contributed by atoms with Gasteiger partial charge in [-0.2, -0.15) is 0 Å². The number of hydrogen-bond acceptors (Lipinski definition) is 1. The third-order valence-corrected chi connectivity index (χ3v) is 1.50. The molecule has 0 saturated carbocycles. The van der Waals surface area contributed by atoms with Gasteiger partial charge in [0.1, 0.15) is 11.6 Å². The number of benzene rings is 1. The fourth-order valence-electron chi connectivity index (χ4n) is 0.930. The zero-order valence-corrected chi connectivity index (χ0v) is 7.01. The molecule has 0 unspecified atom stereocenters. The van der Waals surface area contributed by atoms with Gasteiger partial charge in [0, 0.05) is 11.6 Å². The average Bonchev–Trinajstić information content (AvgIpc) is 2.05. The predicted molar refractivity (Wildman–Crippen MR) is 47.7 cm³/mol. The normalized spacial score (nSPS) is 9.50. The van der Waals surface area contributed by atoms with Crippen LogP contribution in [0.2, 0.25) is 0 Å². The summed E-state index contributed by atoms with van der Waals surface area (Å²) in [4.78, 5) is 0. The van der Waals surface area contributed by atoms with Crippen molar-refractivity contribution in [2.24, 2.45) is 0 Å². The highest BCUT2D eigenvalue weighted by molar-refractivity contribution is 5.49. The average molecular weight is 166 g/mol. The lowest BCUT2D eigenvalue weighted by molar-refractivity contribution is 0.338. The van der Waals surface area contributed by atoms with Crippen LogP contribution in [0.1, 0.15) is 12.5 Å². The molecular formula is C10H11FO. The smallest absolute Gasteiger partial charge is 0.134 e. The Kier molecular flexibility index (Phi) is 2.86. The van der Waals surface area contributed by atoms with Gasteiger partial charge in [-0.15, -0.1) is 0 Å². The third kappa shape index (κ3) is 1.84. The summed E-state index contributed by atoms with van der Waals surface area (Å²) >= 11 is 0. The molecule has 0 aliphatic heterocycles. The Morgan fingerprint density at radius 2 is 2.33 bits per heavy atom. The van der Waals surface area contributed by atoms with Crippen molar-refractivity contribution in [3.63, 3.8) is 0 Å². The Hall–Kier alpha value is -1.31. The Morgan fingerprint density at radius 1 is 1.58 bits per heavy atom. The SMILES string of the molecule is C=Cc1ccc(OCC)cc1F. The zero-order chi connectivity index (χ0) is 8.97. The van der Waals surface area contributed by atoms with Crippen molar-refractivity contribution in [2.45, 2.75) is 6.92 Å². The molecule has 0 spiro atoms. The molecule has 12 heavy (non-hydrogen) atoms. The highest BCUT2D eigenvalue weighted by Gasteiger charge is 1.99. The first-order valence-corrected chi connectivity index (χ1v) is 3.82. The summed E-state index contributed by atoms with van der Waals surface area (Å²) in [6.07, 6.45) is 1.48. The predicted octanol–water partition coefficient (Wildman–Crippen LogP) is 2.87. The van der Waals surface area contributed by atoms with E-state index in [0.29, 0.717) is 17.9 Å². The minimum absolute atomic E-state index is 0.295. The second kappa shape index (κ2) is 3.90. The van der Waals surface area contributed by atoms with Crippen LogP contribution < -0.4 is 4.74 Å². The van der Waals surface area contributed by atoms with E-state index in [9.17, 15) is 4.39 Å². The number of ether oxygens (including phenoxy) is 1. The van der Waals surface area contributed by atoms with Crippen molar-refractivity contribution in [1.82, 2.24) is 0 Å². The van der Waals surface area contributed by atoms with Crippen LogP contribution in [-0.4, -0.2) is 6.61 Å². The maximum Gasteiger partial charge on any atom is 0.134 e. The van der Waals surface area contributed by atoms with Gasteiger partial charge in [0.2, 0.25) is 0 Å². The van der Waals surface area contributed by atoms with Gasteiger partial charge in [-0.25, -0.2) is 4.39 Å². The molecule has 0 aliphatic rings. The van der Waals surface area contributed by atoms with E-state index in [1.165, 1.54) is 12.1 Å². The van der Waals surface area contributed by atoms with Gasteiger partial charge in [-0.05, 0) is 19.1 Å². The van der Waals surface area contributed by atoms with Crippen LogP contribution in [0.4, 0.5) is 4.39 Å². The van der Waals surface area contributed by atoms with Crippen LogP contribution in [0.15, 0.2) is 24.8 Å². The first-order valence-electron chi connectivity index (χ1n) is 3.82. The molecule has 1 rings (SSSR count). The van der Waals surface area contributed by atoms with Crippen LogP contribution in [0.5, 0.6) is 5.75 Å². The molecule has 0 fully saturated rings. The number of hydrogen-bond donors (Lipinski definition) is 0. The van der Waals surface area contributed by atoms with Gasteiger partial charge < -0.3 is 4.74 Å². The minimum Gasteiger partial charge on any atom is -0.494 e. The van der Waals surface area contributed by atoms with Crippen molar-refractivity contribution in [3.8, 4) is 5.75 Å². The topological polar surface area (TPSA) is 9.23 Å². The van der Waals surface area contributed by atoms with Crippen LogP contribution in [0, 0.1) is 5.82 Å². The standard InChI is InChI=1S/C10H11FO/c1-3-8-5-6-9(12-4-2)7-10(8)11/h3,5-7H,1,4H2,2H3. The molecule has 1 aromatic rings. The molecule has 1 nitrogen and oxygen atoms in total. The second-order valence-electron chi connectivity index (χ2n) is 2.32. The van der Waals surface area contributed by atoms with E-state index >= 15 is 0 Å². The van der Waals surface area contributed by atoms with Crippen molar-refractivity contribution >= 4 is 6.08 Å². The Bertz CT molecular complexity index is 281. The van der Waals surface area contributed by atoms with E-state index < -0.39 is 0 Å². The molecule has 0 amide bonds. The lowest BCUT2D eigenvalue weighted by atomic mass is 10.2. The van der Waals surface area contributed by atoms with Gasteiger partial charge in [0.25, 0.3) is 0 Å². The monoisotopic (exact) mass is 166 g/mol. The molecule has 0 radical (unpaired) electrons. The number of halogens is 1. The maximum atomic E-state index is 13.0. The molecule has 1 aromatic carbocycles. The fraction of sp³-hybridized carbons (Fsp3) is 0.200. The highest BCUT2D eigenvalue weighted by atomic mass is 19.1. The maximum absolute atomic E-state index is 13.0. The van der Waals surface area contributed by atoms with Crippen molar-refractivity contribution in [1.29, 1.82) is 0 Å². The quantitative estimate of drug-likeness (QED) is 0.670. The van der Waals surface area contributed by atoms with Crippen LogP contribution in [0.25, 0.3) is 6.08 Å². The van der Waals surface area contributed by atoms with Gasteiger partial charge in [0.05, 0.1) is 6.61 Å². The third-order valence-electron chi connectivity index (χ3n) is 1.50. The molecule has 0 saturated heterocycles. The molecule has 0 aliphatic carbocycles. The van der Waals surface area contributed by atoms with E-state index in [-0.39, 0.29) is 5.82 Å². The lowest BCUT2D eigenvalue weighted by Crippen LogP contribution is -1.92. The Morgan fingerprint density at radius 3 is 2.83 bits per heavy atom. The summed E-state index contributed by atoms with van der Waals surface area (Å²) in [5, 5.41) is 0. The summed E-state index contributed by atoms with van der Waals surface area (Å²) in [6.45, 7) is 5.90. The van der Waals surface area contributed by atoms with E-state index in [4.69, 9.17) is 4.74 Å². The summed E-state index contributed by atoms with van der Waals surface area (Å²) in [5.41, 5.74) is 0.499. The first kappa shape index (κ1) is 8.78. The van der Waals surface area contributed by atoms with E-state index in [2.05, 4.69) is 6.58 Å².